The van der Waals surface area contributed by atoms with Gasteiger partial charge in [-0.3, -0.25) is 24.4 Å². The van der Waals surface area contributed by atoms with E-state index in [1.54, 1.807) is 29.4 Å². The standard InChI is InChI=1S/C22H20N4O4S/c1-25-19(20-17(30-2)7-8-31-20)15(10-23-25)12-3-4-14-13(9-12)11-26(22(14)29)16-5-6-18(27)24-21(16)28/h3-4,7-10,16H,5-6,11H2,1-2H3,(H,24,27,28). The summed E-state index contributed by atoms with van der Waals surface area (Å²) in [4.78, 5) is 39.2. The van der Waals surface area contributed by atoms with Crippen LogP contribution < -0.4 is 10.1 Å². The van der Waals surface area contributed by atoms with Crippen molar-refractivity contribution in [2.75, 3.05) is 7.11 Å². The van der Waals surface area contributed by atoms with Crippen LogP contribution >= 0.6 is 11.3 Å². The number of hydrogen-bond acceptors (Lipinski definition) is 6. The van der Waals surface area contributed by atoms with Crippen LogP contribution in [0.2, 0.25) is 0 Å². The molecule has 1 aromatic carbocycles. The molecule has 8 nitrogen and oxygen atoms in total. The van der Waals surface area contributed by atoms with E-state index in [1.807, 2.05) is 41.5 Å². The third kappa shape index (κ3) is 3.12. The number of nitrogens with one attached hydrogen (secondary N) is 1. The highest BCUT2D eigenvalue weighted by molar-refractivity contribution is 7.14. The van der Waals surface area contributed by atoms with Crippen LogP contribution in [0.4, 0.5) is 0 Å². The Morgan fingerprint density at radius 2 is 2.03 bits per heavy atom. The minimum Gasteiger partial charge on any atom is -0.495 e. The summed E-state index contributed by atoms with van der Waals surface area (Å²) in [5, 5.41) is 8.75. The second-order valence-electron chi connectivity index (χ2n) is 7.62. The Morgan fingerprint density at radius 1 is 1.19 bits per heavy atom. The fraction of sp³-hybridized carbons (Fsp3) is 0.273. The van der Waals surface area contributed by atoms with Crippen molar-refractivity contribution in [2.45, 2.75) is 25.4 Å². The number of rotatable bonds is 4. The Morgan fingerprint density at radius 3 is 2.81 bits per heavy atom. The third-order valence-electron chi connectivity index (χ3n) is 5.84. The summed E-state index contributed by atoms with van der Waals surface area (Å²) < 4.78 is 7.32. The van der Waals surface area contributed by atoms with Crippen LogP contribution in [0, 0.1) is 0 Å². The van der Waals surface area contributed by atoms with Crippen molar-refractivity contribution in [2.24, 2.45) is 7.05 Å². The second kappa shape index (κ2) is 7.35. The molecule has 0 radical (unpaired) electrons. The Bertz CT molecular complexity index is 1230. The monoisotopic (exact) mass is 436 g/mol. The van der Waals surface area contributed by atoms with Crippen molar-refractivity contribution in [3.8, 4) is 27.4 Å². The number of carbonyl (C=O) groups excluding carboxylic acids is 3. The molecule has 1 fully saturated rings. The first kappa shape index (κ1) is 19.5. The predicted molar refractivity (Wildman–Crippen MR) is 115 cm³/mol. The maximum absolute atomic E-state index is 12.9. The molecule has 3 aromatic rings. The molecule has 0 saturated carbocycles. The summed E-state index contributed by atoms with van der Waals surface area (Å²) in [6, 6.07) is 7.01. The first-order valence-corrected chi connectivity index (χ1v) is 10.8. The maximum atomic E-state index is 12.9. The van der Waals surface area contributed by atoms with Gasteiger partial charge < -0.3 is 9.64 Å². The topological polar surface area (TPSA) is 93.5 Å². The van der Waals surface area contributed by atoms with Gasteiger partial charge in [-0.15, -0.1) is 11.3 Å². The van der Waals surface area contributed by atoms with Gasteiger partial charge in [-0.1, -0.05) is 6.07 Å². The van der Waals surface area contributed by atoms with E-state index >= 15 is 0 Å². The molecule has 3 amide bonds. The lowest BCUT2D eigenvalue weighted by Crippen LogP contribution is -2.52. The quantitative estimate of drug-likeness (QED) is 0.635. The van der Waals surface area contributed by atoms with E-state index in [9.17, 15) is 14.4 Å². The molecule has 9 heteroatoms. The number of amides is 3. The van der Waals surface area contributed by atoms with E-state index in [-0.39, 0.29) is 18.2 Å². The molecule has 2 aliphatic heterocycles. The Kier molecular flexibility index (Phi) is 4.62. The fourth-order valence-electron chi connectivity index (χ4n) is 4.29. The summed E-state index contributed by atoms with van der Waals surface area (Å²) in [6.07, 6.45) is 2.40. The molecule has 1 saturated heterocycles. The van der Waals surface area contributed by atoms with Gasteiger partial charge in [0.05, 0.1) is 23.9 Å². The fourth-order valence-corrected chi connectivity index (χ4v) is 5.24. The van der Waals surface area contributed by atoms with Crippen LogP contribution in [0.25, 0.3) is 21.7 Å². The first-order chi connectivity index (χ1) is 15.0. The predicted octanol–water partition coefficient (Wildman–Crippen LogP) is 2.59. The van der Waals surface area contributed by atoms with Gasteiger partial charge in [-0.25, -0.2) is 0 Å². The molecular weight excluding hydrogens is 416 g/mol. The summed E-state index contributed by atoms with van der Waals surface area (Å²) in [5.74, 6) is -0.0876. The maximum Gasteiger partial charge on any atom is 0.255 e. The largest absolute Gasteiger partial charge is 0.495 e. The van der Waals surface area contributed by atoms with Crippen LogP contribution in [0.5, 0.6) is 5.75 Å². The molecule has 1 N–H and O–H groups in total. The zero-order valence-corrected chi connectivity index (χ0v) is 17.9. The van der Waals surface area contributed by atoms with E-state index in [2.05, 4.69) is 10.4 Å². The molecule has 2 aromatic heterocycles. The lowest BCUT2D eigenvalue weighted by atomic mass is 10.00. The van der Waals surface area contributed by atoms with Gasteiger partial charge in [0.25, 0.3) is 5.91 Å². The Balaban J connectivity index is 1.50. The lowest BCUT2D eigenvalue weighted by Gasteiger charge is -2.29. The van der Waals surface area contributed by atoms with Crippen LogP contribution in [0.15, 0.2) is 35.8 Å². The molecule has 1 atom stereocenters. The molecule has 158 valence electrons. The van der Waals surface area contributed by atoms with Crippen LogP contribution in [0.1, 0.15) is 28.8 Å². The molecule has 0 spiro atoms. The molecular formula is C22H20N4O4S. The van der Waals surface area contributed by atoms with Crippen LogP contribution in [-0.4, -0.2) is 45.6 Å². The van der Waals surface area contributed by atoms with Crippen molar-refractivity contribution < 1.29 is 19.1 Å². The van der Waals surface area contributed by atoms with Gasteiger partial charge in [0.2, 0.25) is 11.8 Å². The average Bonchev–Trinajstić information content (AvgIpc) is 3.45. The number of thiophene rings is 1. The highest BCUT2D eigenvalue weighted by Crippen LogP contribution is 2.41. The molecule has 5 rings (SSSR count). The van der Waals surface area contributed by atoms with Gasteiger partial charge in [0.1, 0.15) is 11.8 Å². The molecule has 0 bridgehead atoms. The summed E-state index contributed by atoms with van der Waals surface area (Å²) in [7, 11) is 3.53. The second-order valence-corrected chi connectivity index (χ2v) is 8.54. The lowest BCUT2D eigenvalue weighted by molar-refractivity contribution is -0.136. The average molecular weight is 436 g/mol. The van der Waals surface area contributed by atoms with Gasteiger partial charge in [0.15, 0.2) is 0 Å². The van der Waals surface area contributed by atoms with Crippen LogP contribution in [0.3, 0.4) is 0 Å². The Labute approximate surface area is 182 Å². The molecule has 4 heterocycles. The third-order valence-corrected chi connectivity index (χ3v) is 6.74. The minimum atomic E-state index is -0.620. The molecule has 1 unspecified atom stereocenters. The number of benzene rings is 1. The smallest absolute Gasteiger partial charge is 0.255 e. The number of nitrogens with zero attached hydrogens (tertiary/aromatic N) is 3. The van der Waals surface area contributed by atoms with Crippen molar-refractivity contribution in [3.05, 3.63) is 47.0 Å². The minimum absolute atomic E-state index is 0.178. The van der Waals surface area contributed by atoms with Gasteiger partial charge >= 0.3 is 0 Å². The zero-order chi connectivity index (χ0) is 21.7. The highest BCUT2D eigenvalue weighted by Gasteiger charge is 2.39. The van der Waals surface area contributed by atoms with E-state index in [0.29, 0.717) is 18.5 Å². The van der Waals surface area contributed by atoms with Gasteiger partial charge in [0, 0.05) is 31.1 Å². The van der Waals surface area contributed by atoms with Crippen molar-refractivity contribution >= 4 is 29.1 Å². The first-order valence-electron chi connectivity index (χ1n) is 9.89. The number of imide groups is 1. The van der Waals surface area contributed by atoms with Gasteiger partial charge in [-0.2, -0.15) is 5.10 Å². The van der Waals surface area contributed by atoms with Gasteiger partial charge in [-0.05, 0) is 41.1 Å². The normalized spacial score (nSPS) is 18.3. The number of fused-ring (bicyclic) bond motifs is 1. The van der Waals surface area contributed by atoms with E-state index < -0.39 is 11.9 Å². The summed E-state index contributed by atoms with van der Waals surface area (Å²) in [5.41, 5.74) is 4.28. The Hall–Kier alpha value is -3.46. The molecule has 2 aliphatic rings. The number of methoxy groups -OCH3 is 1. The SMILES string of the molecule is COc1ccsc1-c1c(-c2ccc3c(c2)CN(C2CCC(=O)NC2=O)C3=O)cnn1C. The van der Waals surface area contributed by atoms with E-state index in [0.717, 1.165) is 33.0 Å². The van der Waals surface area contributed by atoms with Crippen molar-refractivity contribution in [1.29, 1.82) is 0 Å². The molecule has 31 heavy (non-hydrogen) atoms. The van der Waals surface area contributed by atoms with Crippen LogP contribution in [-0.2, 0) is 23.2 Å². The van der Waals surface area contributed by atoms with E-state index in [4.69, 9.17) is 4.74 Å². The number of carbonyl (C=O) groups is 3. The summed E-state index contributed by atoms with van der Waals surface area (Å²) >= 11 is 1.58. The zero-order valence-electron chi connectivity index (χ0n) is 17.0. The number of aryl methyl sites for hydroxylation is 1. The van der Waals surface area contributed by atoms with Crippen molar-refractivity contribution in [1.82, 2.24) is 20.0 Å². The van der Waals surface area contributed by atoms with Crippen molar-refractivity contribution in [3.63, 3.8) is 0 Å². The number of piperidine rings is 1. The number of hydrogen-bond donors (Lipinski definition) is 1. The number of aromatic nitrogens is 2. The molecule has 0 aliphatic carbocycles. The summed E-state index contributed by atoms with van der Waals surface area (Å²) in [6.45, 7) is 0.339. The number of ether oxygens (including phenoxy) is 1. The van der Waals surface area contributed by atoms with E-state index in [1.165, 1.54) is 0 Å². The highest BCUT2D eigenvalue weighted by atomic mass is 32.1.